The minimum Gasteiger partial charge on any atom is -0.487 e. The molecule has 0 saturated carbocycles. The van der Waals surface area contributed by atoms with Gasteiger partial charge in [-0.1, -0.05) is 31.2 Å². The van der Waals surface area contributed by atoms with E-state index in [1.165, 1.54) is 0 Å². The molecule has 0 spiro atoms. The summed E-state index contributed by atoms with van der Waals surface area (Å²) in [5.74, 6) is 2.30. The van der Waals surface area contributed by atoms with Gasteiger partial charge in [-0.2, -0.15) is 0 Å². The van der Waals surface area contributed by atoms with Gasteiger partial charge in [0.15, 0.2) is 11.5 Å². The van der Waals surface area contributed by atoms with Gasteiger partial charge in [-0.15, -0.1) is 0 Å². The molecule has 0 aliphatic carbocycles. The topological polar surface area (TPSA) is 18.5 Å². The van der Waals surface area contributed by atoms with Crippen molar-refractivity contribution in [2.75, 3.05) is 0 Å². The summed E-state index contributed by atoms with van der Waals surface area (Å²) in [6.07, 6.45) is 1.15. The number of para-hydroxylation sites is 2. The van der Waals surface area contributed by atoms with Crippen molar-refractivity contribution in [3.63, 3.8) is 0 Å². The highest BCUT2D eigenvalue weighted by Gasteiger charge is 2.08. The van der Waals surface area contributed by atoms with Gasteiger partial charge in [-0.3, -0.25) is 0 Å². The Morgan fingerprint density at radius 2 is 1.72 bits per heavy atom. The Morgan fingerprint density at radius 1 is 1.06 bits per heavy atom. The van der Waals surface area contributed by atoms with Crippen molar-refractivity contribution >= 4 is 0 Å². The van der Waals surface area contributed by atoms with Crippen molar-refractivity contribution < 1.29 is 9.47 Å². The van der Waals surface area contributed by atoms with Gasteiger partial charge < -0.3 is 9.47 Å². The Hall–Kier alpha value is -1.96. The first-order chi connectivity index (χ1) is 8.79. The SMILES string of the molecule is CCC(C)Oc1ccccc1Oc1cc[c]cc1. The average molecular weight is 241 g/mol. The van der Waals surface area contributed by atoms with Crippen molar-refractivity contribution in [3.05, 3.63) is 54.6 Å². The van der Waals surface area contributed by atoms with Crippen molar-refractivity contribution in [2.45, 2.75) is 26.4 Å². The molecule has 0 amide bonds. The summed E-state index contributed by atoms with van der Waals surface area (Å²) in [7, 11) is 0. The van der Waals surface area contributed by atoms with E-state index in [1.54, 1.807) is 0 Å². The van der Waals surface area contributed by atoms with Gasteiger partial charge >= 0.3 is 0 Å². The maximum atomic E-state index is 5.83. The molecular weight excluding hydrogens is 224 g/mol. The van der Waals surface area contributed by atoms with Crippen LogP contribution in [0.25, 0.3) is 0 Å². The second-order valence-electron chi connectivity index (χ2n) is 4.12. The molecule has 0 aliphatic rings. The summed E-state index contributed by atoms with van der Waals surface area (Å²) < 4.78 is 11.6. The van der Waals surface area contributed by atoms with Gasteiger partial charge in [0.2, 0.25) is 0 Å². The fraction of sp³-hybridized carbons (Fsp3) is 0.250. The minimum atomic E-state index is 0.179. The molecule has 2 nitrogen and oxygen atoms in total. The summed E-state index contributed by atoms with van der Waals surface area (Å²) in [6, 6.07) is 18.1. The standard InChI is InChI=1S/C16H17O2/c1-3-13(2)17-15-11-7-8-12-16(15)18-14-9-5-4-6-10-14/h5-13H,3H2,1-2H3. The lowest BCUT2D eigenvalue weighted by Crippen LogP contribution is -2.10. The Labute approximate surface area is 108 Å². The predicted octanol–water partition coefficient (Wildman–Crippen LogP) is 4.46. The van der Waals surface area contributed by atoms with Gasteiger partial charge in [0.25, 0.3) is 0 Å². The van der Waals surface area contributed by atoms with Crippen LogP contribution in [0.1, 0.15) is 20.3 Å². The molecule has 1 radical (unpaired) electrons. The van der Waals surface area contributed by atoms with E-state index in [1.807, 2.05) is 55.5 Å². The molecule has 0 heterocycles. The van der Waals surface area contributed by atoms with Crippen LogP contribution >= 0.6 is 0 Å². The average Bonchev–Trinajstić information content (AvgIpc) is 2.42. The number of hydrogen-bond donors (Lipinski definition) is 0. The lowest BCUT2D eigenvalue weighted by atomic mass is 10.3. The zero-order chi connectivity index (χ0) is 12.8. The maximum absolute atomic E-state index is 5.83. The molecule has 2 rings (SSSR count). The molecule has 2 heteroatoms. The van der Waals surface area contributed by atoms with E-state index >= 15 is 0 Å². The summed E-state index contributed by atoms with van der Waals surface area (Å²) >= 11 is 0. The second-order valence-corrected chi connectivity index (χ2v) is 4.12. The Balaban J connectivity index is 2.17. The Bertz CT molecular complexity index is 479. The first-order valence-corrected chi connectivity index (χ1v) is 6.19. The van der Waals surface area contributed by atoms with Crippen LogP contribution in [0.3, 0.4) is 0 Å². The summed E-state index contributed by atoms with van der Waals surface area (Å²) in [5.41, 5.74) is 0. The number of hydrogen-bond acceptors (Lipinski definition) is 2. The van der Waals surface area contributed by atoms with Crippen LogP contribution in [0.5, 0.6) is 17.2 Å². The monoisotopic (exact) mass is 241 g/mol. The summed E-state index contributed by atoms with van der Waals surface area (Å²) in [6.45, 7) is 4.15. The van der Waals surface area contributed by atoms with E-state index in [4.69, 9.17) is 9.47 Å². The number of rotatable bonds is 5. The van der Waals surface area contributed by atoms with Crippen LogP contribution in [-0.4, -0.2) is 6.10 Å². The van der Waals surface area contributed by atoms with Gasteiger partial charge in [0.05, 0.1) is 6.10 Å². The molecule has 1 atom stereocenters. The molecule has 2 aromatic rings. The third-order valence-electron chi connectivity index (χ3n) is 2.67. The van der Waals surface area contributed by atoms with Crippen LogP contribution in [0.15, 0.2) is 48.5 Å². The van der Waals surface area contributed by atoms with Gasteiger partial charge in [-0.05, 0) is 43.7 Å². The summed E-state index contributed by atoms with van der Waals surface area (Å²) in [5, 5.41) is 0. The molecule has 0 N–H and O–H groups in total. The lowest BCUT2D eigenvalue weighted by molar-refractivity contribution is 0.210. The highest BCUT2D eigenvalue weighted by molar-refractivity contribution is 5.42. The van der Waals surface area contributed by atoms with Crippen LogP contribution in [-0.2, 0) is 0 Å². The van der Waals surface area contributed by atoms with E-state index in [-0.39, 0.29) is 6.10 Å². The fourth-order valence-electron chi connectivity index (χ4n) is 1.50. The molecule has 0 bridgehead atoms. The molecule has 0 aliphatic heterocycles. The van der Waals surface area contributed by atoms with Crippen molar-refractivity contribution in [2.24, 2.45) is 0 Å². The lowest BCUT2D eigenvalue weighted by Gasteiger charge is -2.16. The number of ether oxygens (including phenoxy) is 2. The first-order valence-electron chi connectivity index (χ1n) is 6.19. The van der Waals surface area contributed by atoms with Crippen LogP contribution in [0.4, 0.5) is 0 Å². The second kappa shape index (κ2) is 6.10. The third-order valence-corrected chi connectivity index (χ3v) is 2.67. The third kappa shape index (κ3) is 3.27. The molecule has 0 fully saturated rings. The van der Waals surface area contributed by atoms with E-state index in [0.29, 0.717) is 0 Å². The fourth-order valence-corrected chi connectivity index (χ4v) is 1.50. The molecule has 0 saturated heterocycles. The first kappa shape index (κ1) is 12.5. The summed E-state index contributed by atoms with van der Waals surface area (Å²) in [4.78, 5) is 0. The van der Waals surface area contributed by atoms with Crippen LogP contribution < -0.4 is 9.47 Å². The maximum Gasteiger partial charge on any atom is 0.169 e. The highest BCUT2D eigenvalue weighted by Crippen LogP contribution is 2.31. The Morgan fingerprint density at radius 3 is 2.39 bits per heavy atom. The molecule has 2 aromatic carbocycles. The largest absolute Gasteiger partial charge is 0.487 e. The zero-order valence-corrected chi connectivity index (χ0v) is 10.7. The normalized spacial score (nSPS) is 11.9. The Kier molecular flexibility index (Phi) is 4.24. The van der Waals surface area contributed by atoms with Gasteiger partial charge in [0, 0.05) is 0 Å². The molecule has 18 heavy (non-hydrogen) atoms. The highest BCUT2D eigenvalue weighted by atomic mass is 16.5. The van der Waals surface area contributed by atoms with Gasteiger partial charge in [0.1, 0.15) is 5.75 Å². The van der Waals surface area contributed by atoms with Crippen molar-refractivity contribution in [1.82, 2.24) is 0 Å². The van der Waals surface area contributed by atoms with E-state index in [9.17, 15) is 0 Å². The van der Waals surface area contributed by atoms with Crippen LogP contribution in [0.2, 0.25) is 0 Å². The van der Waals surface area contributed by atoms with Gasteiger partial charge in [-0.25, -0.2) is 0 Å². The molecule has 1 unspecified atom stereocenters. The van der Waals surface area contributed by atoms with Crippen molar-refractivity contribution in [3.8, 4) is 17.2 Å². The van der Waals surface area contributed by atoms with Crippen LogP contribution in [0, 0.1) is 6.07 Å². The molecular formula is C16H17O2. The quantitative estimate of drug-likeness (QED) is 0.769. The predicted molar refractivity (Wildman–Crippen MR) is 72.2 cm³/mol. The van der Waals surface area contributed by atoms with E-state index < -0.39 is 0 Å². The minimum absolute atomic E-state index is 0.179. The smallest absolute Gasteiger partial charge is 0.169 e. The zero-order valence-electron chi connectivity index (χ0n) is 10.7. The van der Waals surface area contributed by atoms with E-state index in [2.05, 4.69) is 13.0 Å². The number of benzene rings is 2. The van der Waals surface area contributed by atoms with Crippen molar-refractivity contribution in [1.29, 1.82) is 0 Å². The molecule has 93 valence electrons. The van der Waals surface area contributed by atoms with E-state index in [0.717, 1.165) is 23.7 Å². The molecule has 0 aromatic heterocycles.